The molecule has 18 heteroatoms. The number of allylic oxidation sites excluding steroid dienone is 5. The van der Waals surface area contributed by atoms with E-state index in [0.29, 0.717) is 6.42 Å². The number of ether oxygens (including phenoxy) is 6. The van der Waals surface area contributed by atoms with Crippen LogP contribution in [-0.2, 0) is 60.1 Å². The van der Waals surface area contributed by atoms with Crippen molar-refractivity contribution in [2.45, 2.75) is 375 Å². The van der Waals surface area contributed by atoms with E-state index in [2.05, 4.69) is 217 Å². The number of carbonyl (C=O) groups is 2. The average Bonchev–Trinajstić information content (AvgIpc) is 1.22. The van der Waals surface area contributed by atoms with Crippen LogP contribution in [0.25, 0.3) is 0 Å². The third kappa shape index (κ3) is 22.9. The Labute approximate surface area is 570 Å². The first-order valence-electron chi connectivity index (χ1n) is 35.9. The van der Waals surface area contributed by atoms with Crippen LogP contribution in [0.15, 0.2) is 47.6 Å². The monoisotopic (exact) mass is 1380 g/mol. The third-order valence-corrected chi connectivity index (χ3v) is 45.9. The number of fused-ring (bicyclic) bond motifs is 2. The molecule has 13 nitrogen and oxygen atoms in total. The number of methoxy groups -OCH3 is 1. The van der Waals surface area contributed by atoms with Gasteiger partial charge in [0.1, 0.15) is 30.4 Å². The van der Waals surface area contributed by atoms with Crippen molar-refractivity contribution in [2.24, 2.45) is 23.7 Å². The second-order valence-corrected chi connectivity index (χ2v) is 58.3. The highest BCUT2D eigenvalue weighted by Crippen LogP contribution is 2.47. The molecule has 3 heterocycles. The first-order chi connectivity index (χ1) is 41.9. The van der Waals surface area contributed by atoms with Crippen LogP contribution in [0.1, 0.15) is 211 Å². The van der Waals surface area contributed by atoms with Crippen LogP contribution >= 0.6 is 0 Å². The van der Waals surface area contributed by atoms with Gasteiger partial charge in [-0.2, -0.15) is 0 Å². The number of esters is 1. The van der Waals surface area contributed by atoms with Crippen molar-refractivity contribution in [3.63, 3.8) is 0 Å². The highest BCUT2D eigenvalue weighted by atomic mass is 28.4. The highest BCUT2D eigenvalue weighted by molar-refractivity contribution is 6.75. The molecule has 3 aliphatic rings. The largest absolute Gasteiger partial charge is 0.456 e. The van der Waals surface area contributed by atoms with E-state index in [0.717, 1.165) is 61.4 Å². The molecule has 0 spiro atoms. The van der Waals surface area contributed by atoms with Gasteiger partial charge in [-0.3, -0.25) is 4.79 Å². The molecular weight excluding hydrogens is 1240 g/mol. The average molecular weight is 1380 g/mol. The van der Waals surface area contributed by atoms with Gasteiger partial charge in [0.25, 0.3) is 0 Å². The molecule has 0 aromatic carbocycles. The summed E-state index contributed by atoms with van der Waals surface area (Å²) in [7, 11) is -10.1. The highest BCUT2D eigenvalue weighted by Gasteiger charge is 2.53. The van der Waals surface area contributed by atoms with Crippen molar-refractivity contribution in [1.82, 2.24) is 0 Å². The van der Waals surface area contributed by atoms with Crippen LogP contribution in [-0.4, -0.2) is 140 Å². The maximum Gasteiger partial charge on any atom is 0.331 e. The molecule has 0 amide bonds. The molecule has 0 saturated carbocycles. The Bertz CT molecular complexity index is 2420. The lowest BCUT2D eigenvalue weighted by atomic mass is 9.79. The molecular formula is C74H142O13Si5. The normalized spacial score (nSPS) is 29.9. The maximum atomic E-state index is 15.9. The third-order valence-electron chi connectivity index (χ3n) is 23.3. The molecule has 16 atom stereocenters. The van der Waals surface area contributed by atoms with E-state index < -0.39 is 95.7 Å². The van der Waals surface area contributed by atoms with Gasteiger partial charge in [-0.1, -0.05) is 186 Å². The lowest BCUT2D eigenvalue weighted by Gasteiger charge is -2.50. The zero-order valence-electron chi connectivity index (χ0n) is 65.2. The zero-order chi connectivity index (χ0) is 70.8. The van der Waals surface area contributed by atoms with E-state index in [4.69, 9.17) is 50.6 Å². The predicted molar refractivity (Wildman–Crippen MR) is 395 cm³/mol. The SMILES string of the molecule is CCCCCC1OCOC2(C)/C=C(C)\C=C/C(=O)OC(C(C)C(O[Si](C)(C)C(C)(C)C)C(C)C(=O)CC(OC3CC(O[Si](C)(C)C(C)(C)C)C(O[Si](C)(C)C(C)(C)C)C(C)O3)C(C)C(C)O[Si](C)(C)C(C)(C)C)C(OC)/C=C\C=C(\C)CC1C2O[Si](CC)(CC)CC. The van der Waals surface area contributed by atoms with Crippen molar-refractivity contribution in [2.75, 3.05) is 13.9 Å². The standard InChI is InChI=1S/C74H142O13Si5/c1-34-38-39-42-60-58-46-51(5)41-40-43-61(77-25)67(82-64(76)45-44-52(6)49-74(24,79-50-78-60)69(58)87-92(35-2,36-3)37-4)55(9)66(85-90(30,31)72(18,19)20)54(8)59(75)47-62(53(7)56(10)83-88(26,27)70(12,13)14)81-65-48-63(84-89(28,29)71(15,16)17)68(57(11)80-65)86-91(32,33)73(21,22)23/h40-41,43-45,49,53-58,60-63,65-69H,34-39,42,46-48,50H2,1-33H3/b43-40-,45-44-,51-41-,52-49-. The number of rotatable bonds is 28. The fraction of sp³-hybridized carbons (Fsp3) is 0.865. The summed E-state index contributed by atoms with van der Waals surface area (Å²) < 4.78 is 78.1. The van der Waals surface area contributed by atoms with Crippen LogP contribution in [0.5, 0.6) is 0 Å². The van der Waals surface area contributed by atoms with Gasteiger partial charge in [0, 0.05) is 55.8 Å². The Kier molecular flexibility index (Phi) is 31.6. The first kappa shape index (κ1) is 85.0. The molecule has 0 radical (unpaired) electrons. The molecule has 16 unspecified atom stereocenters. The molecule has 3 aliphatic heterocycles. The van der Waals surface area contributed by atoms with Crippen LogP contribution in [0.3, 0.4) is 0 Å². The molecule has 536 valence electrons. The van der Waals surface area contributed by atoms with Gasteiger partial charge in [-0.15, -0.1) is 0 Å². The molecule has 2 bridgehead atoms. The van der Waals surface area contributed by atoms with Gasteiger partial charge in [0.2, 0.25) is 0 Å². The van der Waals surface area contributed by atoms with Gasteiger partial charge in [-0.05, 0) is 144 Å². The van der Waals surface area contributed by atoms with Crippen LogP contribution < -0.4 is 0 Å². The number of unbranched alkanes of at least 4 members (excludes halogenated alkanes) is 2. The van der Waals surface area contributed by atoms with Gasteiger partial charge in [0.15, 0.2) is 47.9 Å². The van der Waals surface area contributed by atoms with Crippen molar-refractivity contribution in [3.05, 3.63) is 47.6 Å². The summed E-state index contributed by atoms with van der Waals surface area (Å²) in [5.74, 6) is -2.02. The van der Waals surface area contributed by atoms with Crippen molar-refractivity contribution < 1.29 is 60.1 Å². The van der Waals surface area contributed by atoms with Gasteiger partial charge in [0.05, 0.1) is 42.7 Å². The molecule has 0 aromatic heterocycles. The smallest absolute Gasteiger partial charge is 0.331 e. The summed E-state index contributed by atoms with van der Waals surface area (Å²) in [6.07, 6.45) is 11.9. The number of hydrogen-bond acceptors (Lipinski definition) is 13. The number of hydrogen-bond donors (Lipinski definition) is 0. The summed E-state index contributed by atoms with van der Waals surface area (Å²) >= 11 is 0. The summed E-state index contributed by atoms with van der Waals surface area (Å²) in [5.41, 5.74) is 1.13. The Morgan fingerprint density at radius 2 is 1.28 bits per heavy atom. The number of ketones is 1. The fourth-order valence-corrected chi connectivity index (χ4v) is 20.8. The second kappa shape index (κ2) is 34.2. The van der Waals surface area contributed by atoms with Crippen molar-refractivity contribution in [3.8, 4) is 0 Å². The maximum absolute atomic E-state index is 15.9. The Balaban J connectivity index is 2.30. The van der Waals surface area contributed by atoms with Gasteiger partial charge in [-0.25, -0.2) is 4.79 Å². The van der Waals surface area contributed by atoms with Crippen LogP contribution in [0.4, 0.5) is 0 Å². The van der Waals surface area contributed by atoms with Crippen molar-refractivity contribution >= 4 is 53.3 Å². The summed E-state index contributed by atoms with van der Waals surface area (Å²) in [6, 6.07) is 3.00. The minimum Gasteiger partial charge on any atom is -0.456 e. The Morgan fingerprint density at radius 1 is 0.739 bits per heavy atom. The number of Topliss-reactive ketones (excluding diaryl/α,β-unsaturated/α-hetero) is 1. The minimum absolute atomic E-state index is 0.0121. The molecule has 2 fully saturated rings. The number of cyclic esters (lactones) is 1. The molecule has 0 aliphatic carbocycles. The van der Waals surface area contributed by atoms with Gasteiger partial charge < -0.3 is 50.6 Å². The first-order valence-corrected chi connectivity index (χ1v) is 50.0. The van der Waals surface area contributed by atoms with E-state index in [1.807, 2.05) is 32.1 Å². The predicted octanol–water partition coefficient (Wildman–Crippen LogP) is 20.0. The molecule has 2 saturated heterocycles. The summed E-state index contributed by atoms with van der Waals surface area (Å²) in [6.45, 7) is 71.2. The lowest BCUT2D eigenvalue weighted by Crippen LogP contribution is -2.59. The zero-order valence-corrected chi connectivity index (χ0v) is 70.2. The Hall–Kier alpha value is -1.22. The van der Waals surface area contributed by atoms with Gasteiger partial charge >= 0.3 is 5.97 Å². The molecule has 0 aromatic rings. The quantitative estimate of drug-likeness (QED) is 0.0418. The van der Waals surface area contributed by atoms with E-state index in [9.17, 15) is 4.79 Å². The van der Waals surface area contributed by atoms with E-state index in [1.165, 1.54) is 6.08 Å². The molecule has 92 heavy (non-hydrogen) atoms. The lowest BCUT2D eigenvalue weighted by molar-refractivity contribution is -0.262. The molecule has 0 N–H and O–H groups in total. The van der Waals surface area contributed by atoms with Crippen LogP contribution in [0, 0.1) is 23.7 Å². The van der Waals surface area contributed by atoms with E-state index in [1.54, 1.807) is 7.11 Å². The fourth-order valence-electron chi connectivity index (χ4n) is 12.2. The minimum atomic E-state index is -2.66. The topological polar surface area (TPSA) is 136 Å². The molecule has 3 rings (SSSR count). The van der Waals surface area contributed by atoms with E-state index in [-0.39, 0.29) is 87.6 Å². The Morgan fingerprint density at radius 3 is 1.80 bits per heavy atom. The summed E-state index contributed by atoms with van der Waals surface area (Å²) in [4.78, 5) is 30.6. The summed E-state index contributed by atoms with van der Waals surface area (Å²) in [5, 5.41) is -0.358. The van der Waals surface area contributed by atoms with Crippen molar-refractivity contribution in [1.29, 1.82) is 0 Å². The second-order valence-electron chi connectivity index (χ2n) is 34.6. The number of carbonyl (C=O) groups excluding carboxylic acids is 2. The van der Waals surface area contributed by atoms with Crippen LogP contribution in [0.2, 0.25) is 90.7 Å². The van der Waals surface area contributed by atoms with E-state index >= 15 is 4.79 Å².